The zero-order chi connectivity index (χ0) is 15.8. The van der Waals surface area contributed by atoms with Gasteiger partial charge in [0.15, 0.2) is 0 Å². The number of nitrogens with zero attached hydrogens (tertiary/aromatic N) is 1. The van der Waals surface area contributed by atoms with Gasteiger partial charge in [0.1, 0.15) is 12.1 Å². The summed E-state index contributed by atoms with van der Waals surface area (Å²) in [5.41, 5.74) is 0. The fourth-order valence-corrected chi connectivity index (χ4v) is 2.91. The van der Waals surface area contributed by atoms with E-state index >= 15 is 0 Å². The largest absolute Gasteiger partial charge is 0.395 e. The number of aliphatic hydroxyl groups is 3. The molecular weight excluding hydrogens is 272 g/mol. The van der Waals surface area contributed by atoms with Gasteiger partial charge in [0.2, 0.25) is 5.91 Å². The average Bonchev–Trinajstić information content (AvgIpc) is 2.72. The van der Waals surface area contributed by atoms with Crippen LogP contribution < -0.4 is 5.32 Å². The van der Waals surface area contributed by atoms with Gasteiger partial charge < -0.3 is 20.6 Å². The molecule has 0 spiro atoms. The molecule has 6 nitrogen and oxygen atoms in total. The van der Waals surface area contributed by atoms with Gasteiger partial charge in [0.25, 0.3) is 0 Å². The fourth-order valence-electron chi connectivity index (χ4n) is 2.91. The molecule has 1 amide bonds. The summed E-state index contributed by atoms with van der Waals surface area (Å²) < 4.78 is 0. The highest BCUT2D eigenvalue weighted by molar-refractivity contribution is 5.83. The third kappa shape index (κ3) is 4.64. The van der Waals surface area contributed by atoms with Crippen LogP contribution in [0.4, 0.5) is 0 Å². The molecule has 4 N–H and O–H groups in total. The van der Waals surface area contributed by atoms with E-state index in [-0.39, 0.29) is 12.5 Å². The minimum Gasteiger partial charge on any atom is -0.395 e. The topological polar surface area (TPSA) is 93.0 Å². The zero-order valence-electron chi connectivity index (χ0n) is 13.2. The van der Waals surface area contributed by atoms with Crippen LogP contribution in [0.15, 0.2) is 0 Å². The van der Waals surface area contributed by atoms with Crippen LogP contribution in [-0.2, 0) is 4.79 Å². The summed E-state index contributed by atoms with van der Waals surface area (Å²) in [6, 6.07) is -1.34. The molecule has 1 saturated heterocycles. The molecule has 1 aliphatic rings. The maximum absolute atomic E-state index is 12.2. The van der Waals surface area contributed by atoms with Crippen LogP contribution in [0.3, 0.4) is 0 Å². The molecule has 0 aliphatic carbocycles. The molecular formula is C15H30N2O4. The molecule has 0 aromatic heterocycles. The van der Waals surface area contributed by atoms with Gasteiger partial charge in [-0.1, -0.05) is 33.1 Å². The first-order valence-electron chi connectivity index (χ1n) is 8.08. The maximum atomic E-state index is 12.2. The first-order chi connectivity index (χ1) is 10.1. The molecule has 0 aromatic rings. The molecule has 0 bridgehead atoms. The Kier molecular flexibility index (Phi) is 8.18. The van der Waals surface area contributed by atoms with Gasteiger partial charge in [-0.25, -0.2) is 0 Å². The lowest BCUT2D eigenvalue weighted by Gasteiger charge is -2.28. The second-order valence-corrected chi connectivity index (χ2v) is 5.77. The Morgan fingerprint density at radius 3 is 2.38 bits per heavy atom. The van der Waals surface area contributed by atoms with Gasteiger partial charge in [-0.2, -0.15) is 0 Å². The lowest BCUT2D eigenvalue weighted by Crippen LogP contribution is -2.50. The molecule has 124 valence electrons. The van der Waals surface area contributed by atoms with Crippen molar-refractivity contribution in [1.29, 1.82) is 0 Å². The van der Waals surface area contributed by atoms with Gasteiger partial charge in [-0.3, -0.25) is 9.69 Å². The van der Waals surface area contributed by atoms with E-state index in [0.717, 1.165) is 32.1 Å². The number of nitrogens with one attached hydrogen (secondary N) is 1. The van der Waals surface area contributed by atoms with Crippen molar-refractivity contribution in [2.45, 2.75) is 70.2 Å². The number of carbonyl (C=O) groups excluding carboxylic acids is 1. The Morgan fingerprint density at radius 1 is 1.10 bits per heavy atom. The van der Waals surface area contributed by atoms with E-state index in [4.69, 9.17) is 0 Å². The quantitative estimate of drug-likeness (QED) is 0.445. The minimum absolute atomic E-state index is 0.260. The number of hydrogen-bond donors (Lipinski definition) is 4. The van der Waals surface area contributed by atoms with E-state index in [1.807, 2.05) is 6.92 Å². The maximum Gasteiger partial charge on any atom is 0.240 e. The lowest BCUT2D eigenvalue weighted by molar-refractivity contribution is -0.129. The van der Waals surface area contributed by atoms with Crippen LogP contribution in [0, 0.1) is 0 Å². The van der Waals surface area contributed by atoms with Crippen LogP contribution in [0.2, 0.25) is 0 Å². The van der Waals surface area contributed by atoms with Gasteiger partial charge in [-0.05, 0) is 19.4 Å². The third-order valence-electron chi connectivity index (χ3n) is 4.13. The van der Waals surface area contributed by atoms with Crippen molar-refractivity contribution in [3.63, 3.8) is 0 Å². The van der Waals surface area contributed by atoms with Crippen molar-refractivity contribution in [2.24, 2.45) is 0 Å². The van der Waals surface area contributed by atoms with Crippen molar-refractivity contribution < 1.29 is 20.1 Å². The number of carbonyl (C=O) groups is 1. The SMILES string of the molecule is CCCCCCN1[C@H](CO)[C@@H](O)[C@H](O)[C@H]1C(=O)NCCC. The monoisotopic (exact) mass is 302 g/mol. The number of rotatable bonds is 9. The summed E-state index contributed by atoms with van der Waals surface area (Å²) in [6.45, 7) is 4.97. The Morgan fingerprint density at radius 2 is 1.81 bits per heavy atom. The van der Waals surface area contributed by atoms with E-state index < -0.39 is 24.3 Å². The van der Waals surface area contributed by atoms with E-state index in [1.165, 1.54) is 0 Å². The number of hydrogen-bond acceptors (Lipinski definition) is 5. The highest BCUT2D eigenvalue weighted by Crippen LogP contribution is 2.26. The molecule has 0 saturated carbocycles. The Hall–Kier alpha value is -0.690. The van der Waals surface area contributed by atoms with E-state index in [1.54, 1.807) is 4.90 Å². The highest BCUT2D eigenvalue weighted by Gasteiger charge is 2.50. The zero-order valence-corrected chi connectivity index (χ0v) is 13.2. The van der Waals surface area contributed by atoms with E-state index in [2.05, 4.69) is 12.2 Å². The van der Waals surface area contributed by atoms with Gasteiger partial charge in [0, 0.05) is 6.54 Å². The Balaban J connectivity index is 2.71. The number of likely N-dealkylation sites (tertiary alicyclic amines) is 1. The molecule has 1 heterocycles. The summed E-state index contributed by atoms with van der Waals surface area (Å²) in [4.78, 5) is 14.0. The van der Waals surface area contributed by atoms with Crippen LogP contribution in [0.1, 0.15) is 46.0 Å². The average molecular weight is 302 g/mol. The smallest absolute Gasteiger partial charge is 0.240 e. The molecule has 4 atom stereocenters. The molecule has 1 fully saturated rings. The number of aliphatic hydroxyl groups excluding tert-OH is 3. The first-order valence-corrected chi connectivity index (χ1v) is 8.08. The predicted molar refractivity (Wildman–Crippen MR) is 80.8 cm³/mol. The van der Waals surface area contributed by atoms with Gasteiger partial charge in [0.05, 0.1) is 18.8 Å². The standard InChI is InChI=1S/C15H30N2O4/c1-3-5-6-7-9-17-11(10-18)13(19)14(20)12(17)15(21)16-8-4-2/h11-14,18-20H,3-10H2,1-2H3,(H,16,21)/t11-,12+,13-,14-/m1/s1. The minimum atomic E-state index is -1.15. The van der Waals surface area contributed by atoms with Crippen molar-refractivity contribution in [1.82, 2.24) is 10.2 Å². The van der Waals surface area contributed by atoms with Crippen LogP contribution in [0.25, 0.3) is 0 Å². The summed E-state index contributed by atoms with van der Waals surface area (Å²) in [6.07, 6.45) is 2.76. The van der Waals surface area contributed by atoms with Gasteiger partial charge >= 0.3 is 0 Å². The highest BCUT2D eigenvalue weighted by atomic mass is 16.3. The normalized spacial score (nSPS) is 29.8. The second kappa shape index (κ2) is 9.35. The third-order valence-corrected chi connectivity index (χ3v) is 4.13. The fraction of sp³-hybridized carbons (Fsp3) is 0.933. The molecule has 6 heteroatoms. The number of amides is 1. The van der Waals surface area contributed by atoms with Gasteiger partial charge in [-0.15, -0.1) is 0 Å². The van der Waals surface area contributed by atoms with E-state index in [9.17, 15) is 20.1 Å². The Labute approximate surface area is 127 Å². The first kappa shape index (κ1) is 18.4. The Bertz CT molecular complexity index is 314. The second-order valence-electron chi connectivity index (χ2n) is 5.77. The summed E-state index contributed by atoms with van der Waals surface area (Å²) in [5, 5.41) is 32.4. The summed E-state index contributed by atoms with van der Waals surface area (Å²) >= 11 is 0. The van der Waals surface area contributed by atoms with Crippen molar-refractivity contribution in [3.05, 3.63) is 0 Å². The molecule has 0 aromatic carbocycles. The van der Waals surface area contributed by atoms with Crippen molar-refractivity contribution in [2.75, 3.05) is 19.7 Å². The molecule has 1 rings (SSSR count). The van der Waals surface area contributed by atoms with E-state index in [0.29, 0.717) is 13.1 Å². The molecule has 1 aliphatic heterocycles. The van der Waals surface area contributed by atoms with Crippen LogP contribution in [0.5, 0.6) is 0 Å². The lowest BCUT2D eigenvalue weighted by atomic mass is 10.1. The predicted octanol–water partition coefficient (Wildman–Crippen LogP) is -0.140. The van der Waals surface area contributed by atoms with Crippen LogP contribution >= 0.6 is 0 Å². The molecule has 0 radical (unpaired) electrons. The van der Waals surface area contributed by atoms with Crippen molar-refractivity contribution >= 4 is 5.91 Å². The molecule has 21 heavy (non-hydrogen) atoms. The van der Waals surface area contributed by atoms with Crippen LogP contribution in [-0.4, -0.2) is 70.1 Å². The summed E-state index contributed by atoms with van der Waals surface area (Å²) in [5.74, 6) is -0.269. The van der Waals surface area contributed by atoms with Crippen molar-refractivity contribution in [3.8, 4) is 0 Å². The molecule has 0 unspecified atom stereocenters. The number of unbranched alkanes of at least 4 members (excludes halogenated alkanes) is 3. The summed E-state index contributed by atoms with van der Waals surface area (Å²) in [7, 11) is 0.